The monoisotopic (exact) mass is 1230 g/mol. The van der Waals surface area contributed by atoms with Crippen LogP contribution in [-0.2, 0) is 54.6 Å². The molecular formula is C63H68Cl2IN7O7. The third-order valence-electron chi connectivity index (χ3n) is 15.6. The van der Waals surface area contributed by atoms with Crippen LogP contribution in [0.5, 0.6) is 0 Å². The minimum absolute atomic E-state index is 0.0982. The van der Waals surface area contributed by atoms with Gasteiger partial charge in [-0.05, 0) is 138 Å². The highest BCUT2D eigenvalue weighted by Crippen LogP contribution is 2.44. The number of aryl methyl sites for hydroxylation is 2. The van der Waals surface area contributed by atoms with E-state index in [2.05, 4.69) is 90.5 Å². The number of rotatable bonds is 16. The van der Waals surface area contributed by atoms with E-state index in [1.165, 1.54) is 16.0 Å². The number of methoxy groups -OCH3 is 1. The number of likely N-dealkylation sites (tertiary alicyclic amines) is 1. The highest BCUT2D eigenvalue weighted by atomic mass is 127. The molecule has 6 aromatic carbocycles. The summed E-state index contributed by atoms with van der Waals surface area (Å²) in [6.07, 6.45) is 3.60. The first-order valence-electron chi connectivity index (χ1n) is 27.3. The number of anilines is 2. The quantitative estimate of drug-likeness (QED) is 0.0468. The number of carbonyl (C=O) groups is 5. The van der Waals surface area contributed by atoms with Crippen LogP contribution in [-0.4, -0.2) is 108 Å². The highest BCUT2D eigenvalue weighted by molar-refractivity contribution is 14.1. The molecule has 4 aliphatic rings. The number of piperidine rings is 1. The van der Waals surface area contributed by atoms with Crippen LogP contribution in [0.1, 0.15) is 76.1 Å². The van der Waals surface area contributed by atoms with Crippen molar-refractivity contribution >= 4 is 86.9 Å². The summed E-state index contributed by atoms with van der Waals surface area (Å²) < 4.78 is 12.1. The molecule has 3 heterocycles. The summed E-state index contributed by atoms with van der Waals surface area (Å²) in [6, 6.07) is 40.3. The molecule has 0 spiro atoms. The van der Waals surface area contributed by atoms with Crippen LogP contribution in [0.25, 0.3) is 11.1 Å². The number of alkyl halides is 1. The summed E-state index contributed by atoms with van der Waals surface area (Å²) in [5.41, 5.74) is 11.9. The molecule has 0 aromatic heterocycles. The van der Waals surface area contributed by atoms with Crippen molar-refractivity contribution < 1.29 is 33.4 Å². The maximum absolute atomic E-state index is 13.9. The van der Waals surface area contributed by atoms with Crippen LogP contribution in [0, 0.1) is 13.8 Å². The normalized spacial score (nSPS) is 17.4. The van der Waals surface area contributed by atoms with E-state index in [1.807, 2.05) is 80.6 Å². The zero-order valence-electron chi connectivity index (χ0n) is 45.2. The predicted molar refractivity (Wildman–Crippen MR) is 323 cm³/mol. The smallest absolute Gasteiger partial charge is 0.410 e. The molecule has 1 fully saturated rings. The van der Waals surface area contributed by atoms with Gasteiger partial charge in [-0.2, -0.15) is 0 Å². The van der Waals surface area contributed by atoms with E-state index in [-0.39, 0.29) is 42.8 Å². The lowest BCUT2D eigenvalue weighted by molar-refractivity contribution is -0.130. The Morgan fingerprint density at radius 2 is 1.19 bits per heavy atom. The maximum atomic E-state index is 13.9. The Morgan fingerprint density at radius 3 is 1.76 bits per heavy atom. The van der Waals surface area contributed by atoms with Crippen LogP contribution in [0.4, 0.5) is 16.2 Å². The van der Waals surface area contributed by atoms with Gasteiger partial charge in [0, 0.05) is 71.5 Å². The molecule has 3 aliphatic heterocycles. The minimum atomic E-state index is -0.835. The summed E-state index contributed by atoms with van der Waals surface area (Å²) in [4.78, 5) is 71.3. The summed E-state index contributed by atoms with van der Waals surface area (Å²) in [6.45, 7) is 7.38. The number of hydrogen-bond acceptors (Lipinski definition) is 9. The van der Waals surface area contributed by atoms with Gasteiger partial charge in [0.15, 0.2) is 0 Å². The summed E-state index contributed by atoms with van der Waals surface area (Å²) in [5, 5.41) is 16.4. The van der Waals surface area contributed by atoms with E-state index in [0.29, 0.717) is 64.2 Å². The second-order valence-corrected chi connectivity index (χ2v) is 22.8. The lowest BCUT2D eigenvalue weighted by Gasteiger charge is -2.36. The summed E-state index contributed by atoms with van der Waals surface area (Å²) >= 11 is 14.5. The zero-order chi connectivity index (χ0) is 56.3. The lowest BCUT2D eigenvalue weighted by atomic mass is 9.93. The van der Waals surface area contributed by atoms with E-state index < -0.39 is 30.1 Å². The number of amides is 5. The average Bonchev–Trinajstić information content (AvgIpc) is 3.82. The SMILES string of the molecule is COC1CCN(CC[C@H](NC(=O)[C@@H]2Cc3ccccc3CN2)C(=O)Nc2ccc(Cl)c(C)c2)CC1.Cc1cc(NC(=O)[C@H](CCI)NC(=O)[C@@H]2Cc3ccccc3CN2C(=O)OCC2c3ccccc3-c3ccccc32)ccc1Cl. The molecule has 0 radical (unpaired) electrons. The molecule has 418 valence electrons. The van der Waals surface area contributed by atoms with Crippen LogP contribution < -0.4 is 26.6 Å². The van der Waals surface area contributed by atoms with Gasteiger partial charge in [0.05, 0.1) is 18.7 Å². The number of ether oxygens (including phenoxy) is 2. The molecule has 5 amide bonds. The molecule has 0 unspecified atom stereocenters. The Balaban J connectivity index is 0.000000200. The topological polar surface area (TPSA) is 170 Å². The fourth-order valence-corrected chi connectivity index (χ4v) is 11.9. The number of fused-ring (bicyclic) bond motifs is 5. The largest absolute Gasteiger partial charge is 0.448 e. The van der Waals surface area contributed by atoms with Gasteiger partial charge in [-0.15, -0.1) is 0 Å². The van der Waals surface area contributed by atoms with Gasteiger partial charge in [-0.1, -0.05) is 143 Å². The Hall–Kier alpha value is -6.34. The number of benzene rings is 6. The molecular weight excluding hydrogens is 1160 g/mol. The van der Waals surface area contributed by atoms with Gasteiger partial charge < -0.3 is 41.0 Å². The molecule has 6 aromatic rings. The first-order valence-corrected chi connectivity index (χ1v) is 29.6. The third-order valence-corrected chi connectivity index (χ3v) is 17.1. The molecule has 4 atom stereocenters. The van der Waals surface area contributed by atoms with Crippen LogP contribution in [0.2, 0.25) is 10.0 Å². The fourth-order valence-electron chi connectivity index (χ4n) is 11.0. The van der Waals surface area contributed by atoms with Crippen molar-refractivity contribution in [2.24, 2.45) is 0 Å². The highest BCUT2D eigenvalue weighted by Gasteiger charge is 2.39. The molecule has 14 nitrogen and oxygen atoms in total. The first-order chi connectivity index (χ1) is 38.8. The van der Waals surface area contributed by atoms with Crippen LogP contribution >= 0.6 is 45.8 Å². The molecule has 10 rings (SSSR count). The first kappa shape index (κ1) is 58.3. The Labute approximate surface area is 492 Å². The lowest BCUT2D eigenvalue weighted by Crippen LogP contribution is -2.56. The molecule has 5 N–H and O–H groups in total. The van der Waals surface area contributed by atoms with Crippen LogP contribution in [0.15, 0.2) is 133 Å². The minimum Gasteiger partial charge on any atom is -0.448 e. The van der Waals surface area contributed by atoms with Gasteiger partial charge in [-0.25, -0.2) is 4.79 Å². The molecule has 80 heavy (non-hydrogen) atoms. The zero-order valence-corrected chi connectivity index (χ0v) is 48.9. The van der Waals surface area contributed by atoms with E-state index in [0.717, 1.165) is 77.0 Å². The standard InChI is InChI=1S/C36H33ClIN3O4.C27H35ClN4O3/c1-22-18-25(14-15-31(22)37)39-34(42)32(16-17-38)40-35(43)33-19-23-8-2-3-9-24(23)20-41(33)36(44)45-21-30-28-12-6-4-10-26(28)27-11-5-7-13-29(27)30;1-18-15-21(7-8-23(18)28)30-26(33)24(11-14-32-12-9-22(35-2)10-13-32)31-27(34)25-16-19-5-3-4-6-20(19)17-29-25/h2-15,18,30,32-33H,16-17,19-21H2,1H3,(H,39,42)(H,40,43);3-8,15,22,24-25,29H,9-14,16-17H2,1-2H3,(H,30,33)(H,31,34)/t32-,33-;24-,25-/m00/s1. The molecule has 1 aliphatic carbocycles. The molecule has 0 saturated carbocycles. The molecule has 0 bridgehead atoms. The van der Waals surface area contributed by atoms with Gasteiger partial charge in [0.2, 0.25) is 23.6 Å². The fraction of sp³-hybridized carbons (Fsp3) is 0.349. The molecule has 17 heteroatoms. The van der Waals surface area contributed by atoms with Crippen LogP contribution in [0.3, 0.4) is 0 Å². The third kappa shape index (κ3) is 14.4. The Kier molecular flexibility index (Phi) is 20.0. The van der Waals surface area contributed by atoms with Crippen molar-refractivity contribution in [1.29, 1.82) is 0 Å². The number of hydrogen-bond donors (Lipinski definition) is 5. The number of carbonyl (C=O) groups excluding carboxylic acids is 5. The second-order valence-electron chi connectivity index (χ2n) is 20.9. The maximum Gasteiger partial charge on any atom is 0.410 e. The van der Waals surface area contributed by atoms with Crippen molar-refractivity contribution in [3.8, 4) is 11.1 Å². The van der Waals surface area contributed by atoms with Crippen molar-refractivity contribution in [1.82, 2.24) is 25.8 Å². The van der Waals surface area contributed by atoms with Gasteiger partial charge >= 0.3 is 6.09 Å². The van der Waals surface area contributed by atoms with E-state index in [9.17, 15) is 24.0 Å². The van der Waals surface area contributed by atoms with Crippen molar-refractivity contribution in [2.45, 2.75) is 102 Å². The number of nitrogens with zero attached hydrogens (tertiary/aromatic N) is 2. The second kappa shape index (κ2) is 27.4. The number of halogens is 3. The van der Waals surface area contributed by atoms with E-state index in [1.54, 1.807) is 37.4 Å². The van der Waals surface area contributed by atoms with Gasteiger partial charge in [-0.3, -0.25) is 24.1 Å². The van der Waals surface area contributed by atoms with Crippen molar-refractivity contribution in [3.05, 3.63) is 188 Å². The number of nitrogens with one attached hydrogen (secondary N) is 5. The average molecular weight is 1230 g/mol. The van der Waals surface area contributed by atoms with Crippen molar-refractivity contribution in [3.63, 3.8) is 0 Å². The summed E-state index contributed by atoms with van der Waals surface area (Å²) in [5.74, 6) is -1.19. The van der Waals surface area contributed by atoms with E-state index >= 15 is 0 Å². The predicted octanol–water partition coefficient (Wildman–Crippen LogP) is 10.6. The Morgan fingerprint density at radius 1 is 0.662 bits per heavy atom. The van der Waals surface area contributed by atoms with Crippen molar-refractivity contribution in [2.75, 3.05) is 48.4 Å². The van der Waals surface area contributed by atoms with E-state index in [4.69, 9.17) is 32.7 Å². The Bertz CT molecular complexity index is 3160. The summed E-state index contributed by atoms with van der Waals surface area (Å²) in [7, 11) is 1.76. The van der Waals surface area contributed by atoms with Gasteiger partial charge in [0.1, 0.15) is 24.7 Å². The molecule has 1 saturated heterocycles. The van der Waals surface area contributed by atoms with Gasteiger partial charge in [0.25, 0.3) is 0 Å².